The van der Waals surface area contributed by atoms with Crippen LogP contribution in [0.4, 0.5) is 0 Å². The molecule has 1 aromatic rings. The fourth-order valence-corrected chi connectivity index (χ4v) is 3.44. The molecule has 1 atom stereocenters. The first-order valence-corrected chi connectivity index (χ1v) is 8.37. The Morgan fingerprint density at radius 3 is 3.00 bits per heavy atom. The van der Waals surface area contributed by atoms with E-state index >= 15 is 0 Å². The van der Waals surface area contributed by atoms with Crippen LogP contribution >= 0.6 is 23.1 Å². The van der Waals surface area contributed by atoms with Crippen LogP contribution in [0.1, 0.15) is 39.0 Å². The van der Waals surface area contributed by atoms with E-state index in [1.807, 2.05) is 0 Å². The number of thioether (sulfide) groups is 1. The first-order valence-electron chi connectivity index (χ1n) is 6.50. The monoisotopic (exact) mass is 301 g/mol. The normalized spacial score (nSPS) is 18.2. The predicted octanol–water partition coefficient (Wildman–Crippen LogP) is 2.40. The van der Waals surface area contributed by atoms with Crippen molar-refractivity contribution < 1.29 is 9.90 Å². The zero-order chi connectivity index (χ0) is 13.7. The number of aliphatic carboxylic acids is 1. The van der Waals surface area contributed by atoms with Crippen molar-refractivity contribution in [1.82, 2.24) is 15.5 Å². The van der Waals surface area contributed by atoms with E-state index in [2.05, 4.69) is 15.5 Å². The van der Waals surface area contributed by atoms with Crippen molar-refractivity contribution in [1.29, 1.82) is 0 Å². The molecule has 1 aromatic heterocycles. The standard InChI is InChI=1S/C12H19N3O2S2/c1-12(10(16)17,14-9-4-5-9)6-2-3-7-18-11-15-13-8-19-11/h8-9,14H,2-7H2,1H3,(H,16,17). The van der Waals surface area contributed by atoms with Gasteiger partial charge in [0.15, 0.2) is 4.34 Å². The quantitative estimate of drug-likeness (QED) is 0.539. The summed E-state index contributed by atoms with van der Waals surface area (Å²) in [5.74, 6) is 0.227. The number of carboxylic acids is 1. The van der Waals surface area contributed by atoms with E-state index in [0.717, 1.165) is 35.8 Å². The van der Waals surface area contributed by atoms with E-state index in [1.54, 1.807) is 35.5 Å². The van der Waals surface area contributed by atoms with Crippen LogP contribution in [0.15, 0.2) is 9.85 Å². The summed E-state index contributed by atoms with van der Waals surface area (Å²) in [4.78, 5) is 11.4. The smallest absolute Gasteiger partial charge is 0.323 e. The molecule has 19 heavy (non-hydrogen) atoms. The maximum atomic E-state index is 11.4. The topological polar surface area (TPSA) is 75.1 Å². The second kappa shape index (κ2) is 6.67. The molecule has 0 spiro atoms. The molecule has 2 N–H and O–H groups in total. The van der Waals surface area contributed by atoms with Gasteiger partial charge in [0.25, 0.3) is 0 Å². The van der Waals surface area contributed by atoms with Crippen molar-refractivity contribution >= 4 is 29.1 Å². The van der Waals surface area contributed by atoms with Gasteiger partial charge in [-0.15, -0.1) is 10.2 Å². The largest absolute Gasteiger partial charge is 0.480 e. The molecular weight excluding hydrogens is 282 g/mol. The molecule has 106 valence electrons. The van der Waals surface area contributed by atoms with E-state index in [0.29, 0.717) is 12.5 Å². The summed E-state index contributed by atoms with van der Waals surface area (Å²) in [7, 11) is 0. The van der Waals surface area contributed by atoms with Crippen LogP contribution in [-0.4, -0.2) is 38.6 Å². The number of hydrogen-bond donors (Lipinski definition) is 2. The summed E-state index contributed by atoms with van der Waals surface area (Å²) in [6, 6.07) is 0.414. The fraction of sp³-hybridized carbons (Fsp3) is 0.750. The minimum Gasteiger partial charge on any atom is -0.480 e. The van der Waals surface area contributed by atoms with Crippen molar-refractivity contribution in [2.45, 2.75) is 54.9 Å². The van der Waals surface area contributed by atoms with Crippen LogP contribution in [0.3, 0.4) is 0 Å². The van der Waals surface area contributed by atoms with Crippen LogP contribution in [0.25, 0.3) is 0 Å². The molecule has 0 bridgehead atoms. The van der Waals surface area contributed by atoms with Gasteiger partial charge in [-0.25, -0.2) is 0 Å². The molecule has 1 unspecified atom stereocenters. The highest BCUT2D eigenvalue weighted by Crippen LogP contribution is 2.26. The van der Waals surface area contributed by atoms with Crippen molar-refractivity contribution in [2.75, 3.05) is 5.75 Å². The first-order chi connectivity index (χ1) is 9.10. The molecule has 1 heterocycles. The molecule has 1 fully saturated rings. The molecule has 1 aliphatic rings. The zero-order valence-electron chi connectivity index (χ0n) is 11.0. The predicted molar refractivity (Wildman–Crippen MR) is 76.7 cm³/mol. The first kappa shape index (κ1) is 14.7. The lowest BCUT2D eigenvalue weighted by Crippen LogP contribution is -2.50. The Morgan fingerprint density at radius 2 is 2.42 bits per heavy atom. The van der Waals surface area contributed by atoms with Gasteiger partial charge in [-0.3, -0.25) is 10.1 Å². The Morgan fingerprint density at radius 1 is 1.63 bits per heavy atom. The number of carboxylic acid groups (broad SMARTS) is 1. The van der Waals surface area contributed by atoms with Crippen LogP contribution < -0.4 is 5.32 Å². The van der Waals surface area contributed by atoms with E-state index < -0.39 is 11.5 Å². The summed E-state index contributed by atoms with van der Waals surface area (Å²) in [5.41, 5.74) is 0.956. The van der Waals surface area contributed by atoms with E-state index in [1.165, 1.54) is 0 Å². The van der Waals surface area contributed by atoms with Gasteiger partial charge in [0.05, 0.1) is 0 Å². The molecule has 0 saturated heterocycles. The maximum Gasteiger partial charge on any atom is 0.323 e. The number of nitrogens with zero attached hydrogens (tertiary/aromatic N) is 2. The van der Waals surface area contributed by atoms with E-state index in [-0.39, 0.29) is 0 Å². The number of nitrogens with one attached hydrogen (secondary N) is 1. The third-order valence-electron chi connectivity index (χ3n) is 3.21. The van der Waals surface area contributed by atoms with Crippen molar-refractivity contribution in [3.8, 4) is 0 Å². The summed E-state index contributed by atoms with van der Waals surface area (Å²) in [6.07, 6.45) is 4.80. The summed E-state index contributed by atoms with van der Waals surface area (Å²) in [6.45, 7) is 1.80. The SMILES string of the molecule is CC(CCCCSc1nncs1)(NC1CC1)C(=O)O. The van der Waals surface area contributed by atoms with Crippen LogP contribution in [0, 0.1) is 0 Å². The minimum absolute atomic E-state index is 0.414. The van der Waals surface area contributed by atoms with Gasteiger partial charge < -0.3 is 5.11 Å². The Labute approximate surface area is 121 Å². The molecular formula is C12H19N3O2S2. The Hall–Kier alpha value is -0.660. The number of aromatic nitrogens is 2. The average molecular weight is 301 g/mol. The molecule has 0 amide bonds. The molecule has 1 saturated carbocycles. The highest BCUT2D eigenvalue weighted by atomic mass is 32.2. The van der Waals surface area contributed by atoms with Crippen molar-refractivity contribution in [3.05, 3.63) is 5.51 Å². The van der Waals surface area contributed by atoms with Crippen LogP contribution in [0.5, 0.6) is 0 Å². The van der Waals surface area contributed by atoms with Crippen molar-refractivity contribution in [3.63, 3.8) is 0 Å². The number of unbranched alkanes of at least 4 members (excludes halogenated alkanes) is 1. The van der Waals surface area contributed by atoms with Gasteiger partial charge in [-0.05, 0) is 32.6 Å². The number of carbonyl (C=O) groups is 1. The zero-order valence-corrected chi connectivity index (χ0v) is 12.6. The number of rotatable bonds is 9. The van der Waals surface area contributed by atoms with Gasteiger partial charge in [-0.1, -0.05) is 29.5 Å². The highest BCUT2D eigenvalue weighted by Gasteiger charge is 2.37. The highest BCUT2D eigenvalue weighted by molar-refractivity contribution is 8.00. The summed E-state index contributed by atoms with van der Waals surface area (Å²) in [5, 5.41) is 20.3. The Bertz CT molecular complexity index is 409. The second-order valence-electron chi connectivity index (χ2n) is 5.07. The van der Waals surface area contributed by atoms with E-state index in [4.69, 9.17) is 0 Å². The molecule has 0 aliphatic heterocycles. The maximum absolute atomic E-state index is 11.4. The third kappa shape index (κ3) is 4.74. The Kier molecular flexibility index (Phi) is 5.18. The molecule has 5 nitrogen and oxygen atoms in total. The molecule has 0 radical (unpaired) electrons. The average Bonchev–Trinajstić information content (AvgIpc) is 3.02. The molecule has 7 heteroatoms. The van der Waals surface area contributed by atoms with Gasteiger partial charge in [0.2, 0.25) is 0 Å². The summed E-state index contributed by atoms with van der Waals surface area (Å²) >= 11 is 3.23. The van der Waals surface area contributed by atoms with Crippen LogP contribution in [-0.2, 0) is 4.79 Å². The second-order valence-corrected chi connectivity index (χ2v) is 7.24. The van der Waals surface area contributed by atoms with E-state index in [9.17, 15) is 9.90 Å². The Balaban J connectivity index is 1.65. The molecule has 1 aliphatic carbocycles. The third-order valence-corrected chi connectivity index (χ3v) is 5.16. The lowest BCUT2D eigenvalue weighted by atomic mass is 9.95. The van der Waals surface area contributed by atoms with Gasteiger partial charge in [0, 0.05) is 11.8 Å². The van der Waals surface area contributed by atoms with Gasteiger partial charge in [0.1, 0.15) is 11.0 Å². The molecule has 0 aromatic carbocycles. The number of hydrogen-bond acceptors (Lipinski definition) is 6. The van der Waals surface area contributed by atoms with Crippen molar-refractivity contribution in [2.24, 2.45) is 0 Å². The van der Waals surface area contributed by atoms with Crippen LogP contribution in [0.2, 0.25) is 0 Å². The summed E-state index contributed by atoms with van der Waals surface area (Å²) < 4.78 is 0.983. The lowest BCUT2D eigenvalue weighted by Gasteiger charge is -2.26. The fourth-order valence-electron chi connectivity index (χ4n) is 1.88. The van der Waals surface area contributed by atoms with Gasteiger partial charge in [-0.2, -0.15) is 0 Å². The minimum atomic E-state index is -0.769. The molecule has 2 rings (SSSR count). The van der Waals surface area contributed by atoms with Gasteiger partial charge >= 0.3 is 5.97 Å². The lowest BCUT2D eigenvalue weighted by molar-refractivity contribution is -0.144.